The van der Waals surface area contributed by atoms with Crippen LogP contribution in [0, 0.1) is 31.1 Å². The number of alkyl halides is 3. The SMILES string of the molecule is Cc1cc(N2C(=O)C(C)C[C@]3(CC(C(F)(F)F)C(=O)N(c4ccc(N)c(C)c4)C3=O)C2=O)ccc1N. The van der Waals surface area contributed by atoms with Crippen molar-refractivity contribution in [3.63, 3.8) is 0 Å². The van der Waals surface area contributed by atoms with E-state index >= 15 is 0 Å². The summed E-state index contributed by atoms with van der Waals surface area (Å²) in [6.45, 7) is 4.66. The Morgan fingerprint density at radius 2 is 1.25 bits per heavy atom. The number of halogens is 3. The van der Waals surface area contributed by atoms with E-state index in [0.29, 0.717) is 27.4 Å². The van der Waals surface area contributed by atoms with Gasteiger partial charge < -0.3 is 11.5 Å². The van der Waals surface area contributed by atoms with Crippen LogP contribution in [0.15, 0.2) is 36.4 Å². The average molecular weight is 502 g/mol. The molecule has 0 radical (unpaired) electrons. The van der Waals surface area contributed by atoms with Gasteiger partial charge in [-0.3, -0.25) is 19.2 Å². The van der Waals surface area contributed by atoms with Crippen molar-refractivity contribution >= 4 is 46.4 Å². The number of carbonyl (C=O) groups is 4. The number of nitrogens with two attached hydrogens (primary N) is 2. The summed E-state index contributed by atoms with van der Waals surface area (Å²) in [5, 5.41) is 0. The first kappa shape index (κ1) is 25.2. The Balaban J connectivity index is 1.90. The third-order valence-corrected chi connectivity index (χ3v) is 7.01. The highest BCUT2D eigenvalue weighted by atomic mass is 19.4. The molecule has 0 aromatic heterocycles. The van der Waals surface area contributed by atoms with Crippen molar-refractivity contribution in [1.82, 2.24) is 0 Å². The van der Waals surface area contributed by atoms with Crippen LogP contribution in [0.25, 0.3) is 0 Å². The van der Waals surface area contributed by atoms with Crippen molar-refractivity contribution in [2.24, 2.45) is 17.3 Å². The van der Waals surface area contributed by atoms with Crippen LogP contribution >= 0.6 is 0 Å². The number of imide groups is 2. The van der Waals surface area contributed by atoms with Gasteiger partial charge in [-0.2, -0.15) is 13.2 Å². The van der Waals surface area contributed by atoms with E-state index < -0.39 is 59.9 Å². The molecule has 11 heteroatoms. The van der Waals surface area contributed by atoms with Crippen molar-refractivity contribution in [3.8, 4) is 0 Å². The van der Waals surface area contributed by atoms with E-state index in [1.807, 2.05) is 0 Å². The van der Waals surface area contributed by atoms with Gasteiger partial charge in [0.1, 0.15) is 11.3 Å². The molecule has 2 aliphatic rings. The zero-order chi connectivity index (χ0) is 26.7. The number of hydrogen-bond acceptors (Lipinski definition) is 6. The topological polar surface area (TPSA) is 127 Å². The highest BCUT2D eigenvalue weighted by Crippen LogP contribution is 2.50. The van der Waals surface area contributed by atoms with E-state index in [-0.39, 0.29) is 11.4 Å². The molecule has 190 valence electrons. The fraction of sp³-hybridized carbons (Fsp3) is 0.360. The van der Waals surface area contributed by atoms with Crippen molar-refractivity contribution < 1.29 is 32.3 Å². The second kappa shape index (κ2) is 8.35. The second-order valence-electron chi connectivity index (χ2n) is 9.52. The summed E-state index contributed by atoms with van der Waals surface area (Å²) in [4.78, 5) is 55.0. The number of amides is 4. The third-order valence-electron chi connectivity index (χ3n) is 7.01. The molecule has 0 bridgehead atoms. The van der Waals surface area contributed by atoms with E-state index in [1.165, 1.54) is 43.3 Å². The van der Waals surface area contributed by atoms with E-state index in [9.17, 15) is 32.3 Å². The Morgan fingerprint density at radius 3 is 1.67 bits per heavy atom. The van der Waals surface area contributed by atoms with Gasteiger partial charge in [-0.05, 0) is 74.2 Å². The Labute approximate surface area is 205 Å². The molecular weight excluding hydrogens is 477 g/mol. The molecule has 0 aliphatic carbocycles. The molecule has 4 rings (SSSR count). The summed E-state index contributed by atoms with van der Waals surface area (Å²) in [5.74, 6) is -7.92. The molecule has 2 fully saturated rings. The lowest BCUT2D eigenvalue weighted by Crippen LogP contribution is -2.67. The molecule has 8 nitrogen and oxygen atoms in total. The Bertz CT molecular complexity index is 1300. The van der Waals surface area contributed by atoms with E-state index in [1.54, 1.807) is 13.8 Å². The molecule has 2 aromatic carbocycles. The number of aryl methyl sites for hydroxylation is 2. The molecule has 1 spiro atoms. The van der Waals surface area contributed by atoms with Gasteiger partial charge >= 0.3 is 6.18 Å². The number of anilines is 4. The highest BCUT2D eigenvalue weighted by molar-refractivity contribution is 6.32. The van der Waals surface area contributed by atoms with Crippen molar-refractivity contribution in [2.45, 2.75) is 39.8 Å². The van der Waals surface area contributed by atoms with Gasteiger partial charge in [-0.25, -0.2) is 9.80 Å². The summed E-state index contributed by atoms with van der Waals surface area (Å²) in [5.41, 5.74) is 11.0. The number of benzene rings is 2. The summed E-state index contributed by atoms with van der Waals surface area (Å²) in [6.07, 6.45) is -6.57. The normalized spacial score (nSPS) is 25.2. The molecule has 2 aromatic rings. The van der Waals surface area contributed by atoms with Crippen molar-refractivity contribution in [3.05, 3.63) is 47.5 Å². The molecule has 4 N–H and O–H groups in total. The van der Waals surface area contributed by atoms with Crippen LogP contribution in [0.2, 0.25) is 0 Å². The van der Waals surface area contributed by atoms with Crippen LogP contribution in [0.4, 0.5) is 35.9 Å². The van der Waals surface area contributed by atoms with Crippen LogP contribution in [0.5, 0.6) is 0 Å². The van der Waals surface area contributed by atoms with Crippen LogP contribution in [-0.4, -0.2) is 29.8 Å². The van der Waals surface area contributed by atoms with Crippen LogP contribution < -0.4 is 21.3 Å². The summed E-state index contributed by atoms with van der Waals surface area (Å²) in [6, 6.07) is 8.26. The van der Waals surface area contributed by atoms with Gasteiger partial charge in [-0.1, -0.05) is 6.92 Å². The number of nitrogens with zero attached hydrogens (tertiary/aromatic N) is 2. The zero-order valence-electron chi connectivity index (χ0n) is 19.8. The van der Waals surface area contributed by atoms with Gasteiger partial charge in [0.15, 0.2) is 0 Å². The molecular formula is C25H25F3N4O4. The van der Waals surface area contributed by atoms with E-state index in [0.717, 1.165) is 4.90 Å². The average Bonchev–Trinajstić information content (AvgIpc) is 2.78. The number of hydrogen-bond donors (Lipinski definition) is 2. The van der Waals surface area contributed by atoms with Crippen molar-refractivity contribution in [2.75, 3.05) is 21.3 Å². The van der Waals surface area contributed by atoms with Gasteiger partial charge in [0.05, 0.1) is 11.4 Å². The van der Waals surface area contributed by atoms with Gasteiger partial charge in [0.25, 0.3) is 0 Å². The lowest BCUT2D eigenvalue weighted by molar-refractivity contribution is -0.194. The Kier molecular flexibility index (Phi) is 5.85. The van der Waals surface area contributed by atoms with E-state index in [2.05, 4.69) is 0 Å². The molecule has 0 saturated carbocycles. The summed E-state index contributed by atoms with van der Waals surface area (Å²) < 4.78 is 42.4. The van der Waals surface area contributed by atoms with Crippen molar-refractivity contribution in [1.29, 1.82) is 0 Å². The molecule has 4 amide bonds. The fourth-order valence-electron chi connectivity index (χ4n) is 4.92. The lowest BCUT2D eigenvalue weighted by Gasteiger charge is -2.48. The predicted octanol–water partition coefficient (Wildman–Crippen LogP) is 3.50. The van der Waals surface area contributed by atoms with Crippen LogP contribution in [-0.2, 0) is 19.2 Å². The molecule has 2 heterocycles. The Hall–Kier alpha value is -3.89. The molecule has 36 heavy (non-hydrogen) atoms. The Morgan fingerprint density at radius 1 is 0.806 bits per heavy atom. The molecule has 3 atom stereocenters. The minimum atomic E-state index is -5.03. The fourth-order valence-corrected chi connectivity index (χ4v) is 4.92. The maximum atomic E-state index is 14.1. The second-order valence-corrected chi connectivity index (χ2v) is 9.52. The molecule has 2 unspecified atom stereocenters. The highest BCUT2D eigenvalue weighted by Gasteiger charge is 2.66. The minimum Gasteiger partial charge on any atom is -0.399 e. The van der Waals surface area contributed by atoms with Gasteiger partial charge in [-0.15, -0.1) is 0 Å². The van der Waals surface area contributed by atoms with Gasteiger partial charge in [0.2, 0.25) is 23.6 Å². The minimum absolute atomic E-state index is 0.0887. The quantitative estimate of drug-likeness (QED) is 0.368. The smallest absolute Gasteiger partial charge is 0.399 e. The first-order chi connectivity index (χ1) is 16.7. The lowest BCUT2D eigenvalue weighted by atomic mass is 9.65. The van der Waals surface area contributed by atoms with E-state index in [4.69, 9.17) is 11.5 Å². The van der Waals surface area contributed by atoms with Crippen LogP contribution in [0.1, 0.15) is 30.9 Å². The number of piperidine rings is 2. The molecule has 2 aliphatic heterocycles. The summed E-state index contributed by atoms with van der Waals surface area (Å²) >= 11 is 0. The van der Waals surface area contributed by atoms with Crippen LogP contribution in [0.3, 0.4) is 0 Å². The number of rotatable bonds is 2. The third kappa shape index (κ3) is 3.78. The first-order valence-electron chi connectivity index (χ1n) is 11.2. The maximum absolute atomic E-state index is 14.1. The molecule has 2 saturated heterocycles. The predicted molar refractivity (Wildman–Crippen MR) is 127 cm³/mol. The zero-order valence-corrected chi connectivity index (χ0v) is 19.8. The number of nitrogen functional groups attached to an aromatic ring is 2. The standard InChI is InChI=1S/C25H25F3N4O4/c1-12-8-15(4-6-18(12)29)31-20(33)14(3)10-24(22(31)35)11-17(25(26,27)28)21(34)32(23(24)36)16-5-7-19(30)13(2)9-16/h4-9,14,17H,10-11,29-30H2,1-3H3/t14?,17?,24-/m0/s1. The first-order valence-corrected chi connectivity index (χ1v) is 11.2. The monoisotopic (exact) mass is 502 g/mol. The summed E-state index contributed by atoms with van der Waals surface area (Å²) in [7, 11) is 0. The number of carbonyl (C=O) groups excluding carboxylic acids is 4. The maximum Gasteiger partial charge on any atom is 0.400 e. The largest absolute Gasteiger partial charge is 0.400 e. The van der Waals surface area contributed by atoms with Gasteiger partial charge in [0, 0.05) is 17.3 Å².